The van der Waals surface area contributed by atoms with E-state index in [0.717, 1.165) is 0 Å². The summed E-state index contributed by atoms with van der Waals surface area (Å²) in [5, 5.41) is 5.25. The maximum absolute atomic E-state index is 5.86. The quantitative estimate of drug-likeness (QED) is 0.461. The fraction of sp³-hybridized carbons (Fsp3) is 1.00. The van der Waals surface area contributed by atoms with Gasteiger partial charge in [-0.2, -0.15) is 0 Å². The largest absolute Gasteiger partial charge is 0.269 e. The second kappa shape index (κ2) is 10.0. The number of nitrogens with zero attached hydrogens (tertiary/aromatic N) is 3. The molecule has 0 rings (SSSR count). The molecular formula is C18H48N6. The molecular weight excluding hydrogens is 300 g/mol. The van der Waals surface area contributed by atoms with Crippen LogP contribution in [-0.4, -0.2) is 51.3 Å². The van der Waals surface area contributed by atoms with Crippen LogP contribution in [0.5, 0.6) is 0 Å². The molecule has 6 heteroatoms. The highest BCUT2D eigenvalue weighted by Gasteiger charge is 2.28. The number of rotatable bonds is 0. The third kappa shape index (κ3) is 16.6. The van der Waals surface area contributed by atoms with Gasteiger partial charge in [0.15, 0.2) is 0 Å². The first-order valence-electron chi connectivity index (χ1n) is 8.56. The molecule has 0 heterocycles. The Morgan fingerprint density at radius 1 is 0.417 bits per heavy atom. The molecule has 0 aliphatic carbocycles. The van der Waals surface area contributed by atoms with Crippen LogP contribution in [0.4, 0.5) is 0 Å². The summed E-state index contributed by atoms with van der Waals surface area (Å²) in [6.07, 6.45) is 0. The van der Waals surface area contributed by atoms with Crippen molar-refractivity contribution in [2.24, 2.45) is 17.5 Å². The van der Waals surface area contributed by atoms with Gasteiger partial charge in [-0.05, 0) is 83.1 Å². The molecule has 0 spiro atoms. The monoisotopic (exact) mass is 348 g/mol. The number of hydrogen-bond acceptors (Lipinski definition) is 6. The van der Waals surface area contributed by atoms with Crippen LogP contribution in [0.2, 0.25) is 0 Å². The first kappa shape index (κ1) is 28.6. The van der Waals surface area contributed by atoms with E-state index in [1.165, 1.54) is 5.01 Å². The van der Waals surface area contributed by atoms with Gasteiger partial charge in [0.2, 0.25) is 0 Å². The highest BCUT2D eigenvalue weighted by molar-refractivity contribution is 4.82. The van der Waals surface area contributed by atoms with Crippen LogP contribution in [0.15, 0.2) is 0 Å². The summed E-state index contributed by atoms with van der Waals surface area (Å²) in [5.74, 6) is 16.7. The summed E-state index contributed by atoms with van der Waals surface area (Å²) in [6, 6.07) is 0. The maximum atomic E-state index is 5.86. The van der Waals surface area contributed by atoms with Crippen molar-refractivity contribution < 1.29 is 0 Å². The van der Waals surface area contributed by atoms with E-state index in [1.807, 2.05) is 10.0 Å². The third-order valence-corrected chi connectivity index (χ3v) is 2.89. The van der Waals surface area contributed by atoms with Gasteiger partial charge in [0.25, 0.3) is 0 Å². The molecule has 0 unspecified atom stereocenters. The second-order valence-corrected chi connectivity index (χ2v) is 10.4. The van der Waals surface area contributed by atoms with Crippen molar-refractivity contribution >= 4 is 0 Å². The highest BCUT2D eigenvalue weighted by atomic mass is 15.5. The molecule has 0 saturated carbocycles. The Labute approximate surface area is 152 Å². The Morgan fingerprint density at radius 2 is 0.500 bits per heavy atom. The van der Waals surface area contributed by atoms with Crippen molar-refractivity contribution in [1.29, 1.82) is 0 Å². The zero-order valence-corrected chi connectivity index (χ0v) is 19.1. The number of hydrogen-bond donors (Lipinski definition) is 3. The van der Waals surface area contributed by atoms with Crippen molar-refractivity contribution in [3.8, 4) is 0 Å². The Hall–Kier alpha value is -0.240. The van der Waals surface area contributed by atoms with Crippen LogP contribution in [0.3, 0.4) is 0 Å². The lowest BCUT2D eigenvalue weighted by Gasteiger charge is -2.41. The van der Waals surface area contributed by atoms with E-state index >= 15 is 0 Å². The van der Waals surface area contributed by atoms with Gasteiger partial charge < -0.3 is 0 Å². The summed E-state index contributed by atoms with van der Waals surface area (Å²) in [5.41, 5.74) is 0.215. The standard InChI is InChI=1S/2C8H20N2.C2H8N2/c2*1-7(2,3)10(9)8(4,5)6;1-4(2)3/h2*9H2,1-6H3;3H2,1-2H3. The molecule has 0 fully saturated rings. The minimum atomic E-state index is 0.0538. The summed E-state index contributed by atoms with van der Waals surface area (Å²) < 4.78 is 0. The van der Waals surface area contributed by atoms with Crippen molar-refractivity contribution in [2.45, 2.75) is 105 Å². The van der Waals surface area contributed by atoms with E-state index in [2.05, 4.69) is 83.1 Å². The van der Waals surface area contributed by atoms with E-state index in [0.29, 0.717) is 0 Å². The Balaban J connectivity index is -0.000000301. The van der Waals surface area contributed by atoms with Gasteiger partial charge in [-0.25, -0.2) is 10.0 Å². The lowest BCUT2D eigenvalue weighted by molar-refractivity contribution is 0.0378. The molecule has 0 aliphatic rings. The molecule has 0 aromatic carbocycles. The minimum Gasteiger partial charge on any atom is -0.269 e. The molecule has 6 nitrogen and oxygen atoms in total. The third-order valence-electron chi connectivity index (χ3n) is 2.89. The first-order valence-corrected chi connectivity index (χ1v) is 8.56. The van der Waals surface area contributed by atoms with Gasteiger partial charge in [-0.15, -0.1) is 0 Å². The molecule has 0 aromatic rings. The van der Waals surface area contributed by atoms with Crippen molar-refractivity contribution in [3.63, 3.8) is 0 Å². The van der Waals surface area contributed by atoms with Crippen molar-refractivity contribution in [3.05, 3.63) is 0 Å². The van der Waals surface area contributed by atoms with Crippen LogP contribution >= 0.6 is 0 Å². The lowest BCUT2D eigenvalue weighted by Crippen LogP contribution is -2.56. The van der Waals surface area contributed by atoms with Gasteiger partial charge in [-0.3, -0.25) is 22.5 Å². The topological polar surface area (TPSA) is 87.8 Å². The van der Waals surface area contributed by atoms with Crippen molar-refractivity contribution in [2.75, 3.05) is 14.1 Å². The van der Waals surface area contributed by atoms with Gasteiger partial charge in [-0.1, -0.05) is 0 Å². The summed E-state index contributed by atoms with van der Waals surface area (Å²) in [4.78, 5) is 0. The molecule has 0 saturated heterocycles. The minimum absolute atomic E-state index is 0.0538. The van der Waals surface area contributed by atoms with E-state index in [-0.39, 0.29) is 22.2 Å². The highest BCUT2D eigenvalue weighted by Crippen LogP contribution is 2.20. The van der Waals surface area contributed by atoms with Crippen LogP contribution in [0, 0.1) is 0 Å². The van der Waals surface area contributed by atoms with Crippen LogP contribution < -0.4 is 17.5 Å². The normalized spacial score (nSPS) is 13.5. The smallest absolute Gasteiger partial charge is 0.0273 e. The van der Waals surface area contributed by atoms with Gasteiger partial charge in [0.05, 0.1) is 0 Å². The number of hydrazine groups is 3. The van der Waals surface area contributed by atoms with Gasteiger partial charge in [0.1, 0.15) is 0 Å². The zero-order chi connectivity index (χ0) is 20.7. The Kier molecular flexibility index (Phi) is 11.9. The van der Waals surface area contributed by atoms with Gasteiger partial charge >= 0.3 is 0 Å². The van der Waals surface area contributed by atoms with Gasteiger partial charge in [0, 0.05) is 36.3 Å². The average molecular weight is 349 g/mol. The average Bonchev–Trinajstić information content (AvgIpc) is 2.22. The van der Waals surface area contributed by atoms with E-state index < -0.39 is 0 Å². The zero-order valence-electron chi connectivity index (χ0n) is 19.1. The van der Waals surface area contributed by atoms with E-state index in [4.69, 9.17) is 17.5 Å². The fourth-order valence-corrected chi connectivity index (χ4v) is 2.01. The molecule has 0 aliphatic heterocycles. The number of nitrogens with two attached hydrogens (primary N) is 3. The first-order chi connectivity index (χ1) is 10.0. The fourth-order valence-electron chi connectivity index (χ4n) is 2.01. The SMILES string of the molecule is CC(C)(C)N(N)C(C)(C)C.CC(C)(C)N(N)C(C)(C)C.CN(C)N. The Bertz CT molecular complexity index is 252. The second-order valence-electron chi connectivity index (χ2n) is 10.4. The summed E-state index contributed by atoms with van der Waals surface area (Å²) in [6.45, 7) is 25.3. The molecule has 0 radical (unpaired) electrons. The predicted octanol–water partition coefficient (Wildman–Crippen LogP) is 2.94. The maximum Gasteiger partial charge on any atom is 0.0273 e. The molecule has 150 valence electrons. The van der Waals surface area contributed by atoms with E-state index in [9.17, 15) is 0 Å². The van der Waals surface area contributed by atoms with E-state index in [1.54, 1.807) is 14.1 Å². The summed E-state index contributed by atoms with van der Waals surface area (Å²) in [7, 11) is 3.56. The molecule has 6 N–H and O–H groups in total. The Morgan fingerprint density at radius 3 is 0.500 bits per heavy atom. The molecule has 0 aromatic heterocycles. The summed E-state index contributed by atoms with van der Waals surface area (Å²) >= 11 is 0. The van der Waals surface area contributed by atoms with Crippen LogP contribution in [0.25, 0.3) is 0 Å². The molecule has 0 atom stereocenters. The molecule has 0 amide bonds. The van der Waals surface area contributed by atoms with Crippen molar-refractivity contribution in [1.82, 2.24) is 15.0 Å². The molecule has 0 bridgehead atoms. The predicted molar refractivity (Wildman–Crippen MR) is 109 cm³/mol. The lowest BCUT2D eigenvalue weighted by atomic mass is 9.99. The van der Waals surface area contributed by atoms with Crippen LogP contribution in [0.1, 0.15) is 83.1 Å². The molecule has 24 heavy (non-hydrogen) atoms. The van der Waals surface area contributed by atoms with Crippen LogP contribution in [-0.2, 0) is 0 Å².